The van der Waals surface area contributed by atoms with E-state index in [9.17, 15) is 9.18 Å². The molecule has 1 heterocycles. The van der Waals surface area contributed by atoms with E-state index in [0.717, 1.165) is 17.7 Å². The van der Waals surface area contributed by atoms with E-state index in [2.05, 4.69) is 12.2 Å². The Hall–Kier alpha value is -1.88. The van der Waals surface area contributed by atoms with Crippen LogP contribution in [-0.2, 0) is 0 Å². The maximum absolute atomic E-state index is 13.3. The van der Waals surface area contributed by atoms with Gasteiger partial charge in [-0.25, -0.2) is 4.39 Å². The molecule has 0 saturated heterocycles. The first-order valence-electron chi connectivity index (χ1n) is 6.50. The standard InChI is InChI=1S/C15H17FN2OS/c1-2-4-13(14-5-3-6-20-14)18-15(19)10-7-11(16)9-12(17)8-10/h3,5-9,13H,2,4,17H2,1H3,(H,18,19). The van der Waals surface area contributed by atoms with Gasteiger partial charge in [0.15, 0.2) is 0 Å². The van der Waals surface area contributed by atoms with Gasteiger partial charge < -0.3 is 11.1 Å². The third-order valence-electron chi connectivity index (χ3n) is 2.95. The Balaban J connectivity index is 2.16. The molecule has 0 bridgehead atoms. The maximum atomic E-state index is 13.3. The predicted octanol–water partition coefficient (Wildman–Crippen LogP) is 3.74. The van der Waals surface area contributed by atoms with Gasteiger partial charge >= 0.3 is 0 Å². The first-order valence-corrected chi connectivity index (χ1v) is 7.38. The van der Waals surface area contributed by atoms with Gasteiger partial charge in [-0.1, -0.05) is 19.4 Å². The van der Waals surface area contributed by atoms with E-state index < -0.39 is 5.82 Å². The summed E-state index contributed by atoms with van der Waals surface area (Å²) in [5, 5.41) is 4.92. The average Bonchev–Trinajstić information content (AvgIpc) is 2.90. The summed E-state index contributed by atoms with van der Waals surface area (Å²) in [6.45, 7) is 2.06. The molecular formula is C15H17FN2OS. The number of anilines is 1. The van der Waals surface area contributed by atoms with E-state index in [0.29, 0.717) is 0 Å². The van der Waals surface area contributed by atoms with Crippen LogP contribution in [-0.4, -0.2) is 5.91 Å². The van der Waals surface area contributed by atoms with Crippen LogP contribution >= 0.6 is 11.3 Å². The summed E-state index contributed by atoms with van der Waals surface area (Å²) in [5.74, 6) is -0.804. The first kappa shape index (κ1) is 14.5. The van der Waals surface area contributed by atoms with Crippen molar-refractivity contribution < 1.29 is 9.18 Å². The monoisotopic (exact) mass is 292 g/mol. The van der Waals surface area contributed by atoms with Crippen LogP contribution in [0.5, 0.6) is 0 Å². The second-order valence-electron chi connectivity index (χ2n) is 4.60. The number of nitrogens with one attached hydrogen (secondary N) is 1. The minimum absolute atomic E-state index is 0.0445. The molecule has 106 valence electrons. The highest BCUT2D eigenvalue weighted by molar-refractivity contribution is 7.10. The molecule has 0 fully saturated rings. The van der Waals surface area contributed by atoms with Crippen molar-refractivity contribution in [3.63, 3.8) is 0 Å². The molecule has 1 amide bonds. The summed E-state index contributed by atoms with van der Waals surface area (Å²) < 4.78 is 13.3. The fourth-order valence-electron chi connectivity index (χ4n) is 2.05. The third-order valence-corrected chi connectivity index (χ3v) is 3.94. The largest absolute Gasteiger partial charge is 0.399 e. The second-order valence-corrected chi connectivity index (χ2v) is 5.58. The Bertz CT molecular complexity index is 563. The molecular weight excluding hydrogens is 275 g/mol. The van der Waals surface area contributed by atoms with Gasteiger partial charge in [0.05, 0.1) is 6.04 Å². The summed E-state index contributed by atoms with van der Waals surface area (Å²) in [7, 11) is 0. The fraction of sp³-hybridized carbons (Fsp3) is 0.267. The fourth-order valence-corrected chi connectivity index (χ4v) is 2.86. The molecule has 0 aliphatic heterocycles. The highest BCUT2D eigenvalue weighted by atomic mass is 32.1. The average molecular weight is 292 g/mol. The molecule has 2 aromatic rings. The topological polar surface area (TPSA) is 55.1 Å². The Morgan fingerprint density at radius 1 is 1.45 bits per heavy atom. The van der Waals surface area contributed by atoms with Gasteiger partial charge in [-0.15, -0.1) is 11.3 Å². The Morgan fingerprint density at radius 3 is 2.85 bits per heavy atom. The minimum Gasteiger partial charge on any atom is -0.399 e. The lowest BCUT2D eigenvalue weighted by molar-refractivity contribution is 0.0935. The van der Waals surface area contributed by atoms with Crippen molar-refractivity contribution in [2.45, 2.75) is 25.8 Å². The molecule has 0 saturated carbocycles. The summed E-state index contributed by atoms with van der Waals surface area (Å²) in [5.41, 5.74) is 6.06. The first-order chi connectivity index (χ1) is 9.60. The third kappa shape index (κ3) is 3.57. The number of rotatable bonds is 5. The van der Waals surface area contributed by atoms with E-state index in [1.54, 1.807) is 11.3 Å². The second kappa shape index (κ2) is 6.52. The van der Waals surface area contributed by atoms with Crippen LogP contribution in [0, 0.1) is 5.82 Å². The summed E-state index contributed by atoms with van der Waals surface area (Å²) in [6.07, 6.45) is 1.80. The van der Waals surface area contributed by atoms with Crippen molar-refractivity contribution >= 4 is 22.9 Å². The van der Waals surface area contributed by atoms with Crippen molar-refractivity contribution in [2.75, 3.05) is 5.73 Å². The van der Waals surface area contributed by atoms with E-state index >= 15 is 0 Å². The van der Waals surface area contributed by atoms with Crippen LogP contribution in [0.15, 0.2) is 35.7 Å². The predicted molar refractivity (Wildman–Crippen MR) is 80.2 cm³/mol. The molecule has 3 N–H and O–H groups in total. The Morgan fingerprint density at radius 2 is 2.25 bits per heavy atom. The van der Waals surface area contributed by atoms with Crippen LogP contribution < -0.4 is 11.1 Å². The number of benzene rings is 1. The van der Waals surface area contributed by atoms with Gasteiger partial charge in [-0.2, -0.15) is 0 Å². The number of thiophene rings is 1. The van der Waals surface area contributed by atoms with Crippen LogP contribution in [0.3, 0.4) is 0 Å². The number of hydrogen-bond donors (Lipinski definition) is 2. The number of nitrogens with two attached hydrogens (primary N) is 1. The highest BCUT2D eigenvalue weighted by Gasteiger charge is 2.16. The smallest absolute Gasteiger partial charge is 0.251 e. The summed E-state index contributed by atoms with van der Waals surface area (Å²) >= 11 is 1.60. The number of carbonyl (C=O) groups is 1. The van der Waals surface area contributed by atoms with Crippen molar-refractivity contribution in [1.82, 2.24) is 5.32 Å². The number of nitrogen functional groups attached to an aromatic ring is 1. The van der Waals surface area contributed by atoms with Crippen molar-refractivity contribution in [3.8, 4) is 0 Å². The van der Waals surface area contributed by atoms with Crippen LogP contribution in [0.2, 0.25) is 0 Å². The summed E-state index contributed by atoms with van der Waals surface area (Å²) in [4.78, 5) is 13.3. The van der Waals surface area contributed by atoms with Crippen molar-refractivity contribution in [2.24, 2.45) is 0 Å². The van der Waals surface area contributed by atoms with Crippen molar-refractivity contribution in [3.05, 3.63) is 52.0 Å². The van der Waals surface area contributed by atoms with Crippen LogP contribution in [0.25, 0.3) is 0 Å². The Kier molecular flexibility index (Phi) is 4.74. The lowest BCUT2D eigenvalue weighted by Crippen LogP contribution is -2.28. The number of halogens is 1. The highest BCUT2D eigenvalue weighted by Crippen LogP contribution is 2.24. The Labute approximate surface area is 121 Å². The van der Waals surface area contributed by atoms with E-state index in [1.165, 1.54) is 18.2 Å². The molecule has 0 aliphatic rings. The van der Waals surface area contributed by atoms with Gasteiger partial charge in [0.1, 0.15) is 5.82 Å². The molecule has 2 rings (SSSR count). The molecule has 0 aliphatic carbocycles. The van der Waals surface area contributed by atoms with E-state index in [4.69, 9.17) is 5.73 Å². The molecule has 20 heavy (non-hydrogen) atoms. The molecule has 3 nitrogen and oxygen atoms in total. The normalized spacial score (nSPS) is 12.1. The lowest BCUT2D eigenvalue weighted by Gasteiger charge is -2.17. The van der Waals surface area contributed by atoms with Gasteiger partial charge in [-0.05, 0) is 36.1 Å². The summed E-state index contributed by atoms with van der Waals surface area (Å²) in [6, 6.07) is 7.77. The van der Waals surface area contributed by atoms with E-state index in [-0.39, 0.29) is 23.2 Å². The quantitative estimate of drug-likeness (QED) is 0.825. The lowest BCUT2D eigenvalue weighted by atomic mass is 10.1. The van der Waals surface area contributed by atoms with Gasteiger partial charge in [0, 0.05) is 16.1 Å². The molecule has 0 radical (unpaired) electrons. The van der Waals surface area contributed by atoms with Crippen LogP contribution in [0.1, 0.15) is 41.0 Å². The number of hydrogen-bond acceptors (Lipinski definition) is 3. The zero-order valence-electron chi connectivity index (χ0n) is 11.2. The number of amides is 1. The zero-order valence-corrected chi connectivity index (χ0v) is 12.0. The molecule has 1 unspecified atom stereocenters. The minimum atomic E-state index is -0.502. The molecule has 1 aromatic heterocycles. The molecule has 5 heteroatoms. The zero-order chi connectivity index (χ0) is 14.5. The van der Waals surface area contributed by atoms with Gasteiger partial charge in [-0.3, -0.25) is 4.79 Å². The van der Waals surface area contributed by atoms with Crippen molar-refractivity contribution in [1.29, 1.82) is 0 Å². The molecule has 1 atom stereocenters. The molecule has 0 spiro atoms. The maximum Gasteiger partial charge on any atom is 0.251 e. The van der Waals surface area contributed by atoms with Crippen LogP contribution in [0.4, 0.5) is 10.1 Å². The SMILES string of the molecule is CCCC(NC(=O)c1cc(N)cc(F)c1)c1cccs1. The molecule has 1 aromatic carbocycles. The number of carbonyl (C=O) groups excluding carboxylic acids is 1. The van der Waals surface area contributed by atoms with Gasteiger partial charge in [0.25, 0.3) is 5.91 Å². The van der Waals surface area contributed by atoms with Gasteiger partial charge in [0.2, 0.25) is 0 Å². The van der Waals surface area contributed by atoms with E-state index in [1.807, 2.05) is 17.5 Å².